The molecular weight excluding hydrogens is 389 g/mol. The van der Waals surface area contributed by atoms with Gasteiger partial charge in [0.15, 0.2) is 0 Å². The quantitative estimate of drug-likeness (QED) is 0.703. The van der Waals surface area contributed by atoms with E-state index < -0.39 is 0 Å². The van der Waals surface area contributed by atoms with Crippen molar-refractivity contribution < 1.29 is 4.39 Å². The molecule has 20 heavy (non-hydrogen) atoms. The van der Waals surface area contributed by atoms with Crippen molar-refractivity contribution in [2.45, 2.75) is 26.2 Å². The molecule has 3 nitrogen and oxygen atoms in total. The van der Waals surface area contributed by atoms with Gasteiger partial charge in [-0.25, -0.2) is 14.4 Å². The van der Waals surface area contributed by atoms with Gasteiger partial charge in [0.05, 0.1) is 4.47 Å². The lowest BCUT2D eigenvalue weighted by Crippen LogP contribution is -2.16. The molecule has 1 N–H and O–H groups in total. The van der Waals surface area contributed by atoms with Crippen molar-refractivity contribution in [3.05, 3.63) is 45.0 Å². The minimum atomic E-state index is -0.320. The average Bonchev–Trinajstić information content (AvgIpc) is 2.32. The van der Waals surface area contributed by atoms with E-state index in [1.54, 1.807) is 18.2 Å². The van der Waals surface area contributed by atoms with E-state index in [4.69, 9.17) is 0 Å². The minimum absolute atomic E-state index is 0.162. The second-order valence-corrected chi connectivity index (χ2v) is 7.07. The number of anilines is 2. The lowest BCUT2D eigenvalue weighted by molar-refractivity contribution is 0.544. The molecule has 0 atom stereocenters. The van der Waals surface area contributed by atoms with Gasteiger partial charge in [-0.15, -0.1) is 0 Å². The molecule has 0 bridgehead atoms. The molecular formula is C14H14Br2FN3. The van der Waals surface area contributed by atoms with E-state index in [9.17, 15) is 4.39 Å². The minimum Gasteiger partial charge on any atom is -0.340 e. The van der Waals surface area contributed by atoms with Gasteiger partial charge >= 0.3 is 0 Å². The van der Waals surface area contributed by atoms with E-state index in [0.717, 1.165) is 0 Å². The second kappa shape index (κ2) is 5.77. The van der Waals surface area contributed by atoms with Gasteiger partial charge in [0, 0.05) is 17.2 Å². The van der Waals surface area contributed by atoms with Crippen LogP contribution in [0.15, 0.2) is 33.3 Å². The fourth-order valence-electron chi connectivity index (χ4n) is 1.54. The largest absolute Gasteiger partial charge is 0.340 e. The van der Waals surface area contributed by atoms with Crippen molar-refractivity contribution >= 4 is 43.4 Å². The van der Waals surface area contributed by atoms with Crippen molar-refractivity contribution in [3.8, 4) is 0 Å². The number of benzene rings is 1. The van der Waals surface area contributed by atoms with Crippen LogP contribution in [-0.2, 0) is 5.41 Å². The molecule has 0 fully saturated rings. The number of nitrogens with one attached hydrogen (secondary N) is 1. The van der Waals surface area contributed by atoms with E-state index in [0.29, 0.717) is 26.4 Å². The molecule has 2 rings (SSSR count). The van der Waals surface area contributed by atoms with E-state index in [1.807, 2.05) is 20.8 Å². The van der Waals surface area contributed by atoms with E-state index >= 15 is 0 Å². The molecule has 0 radical (unpaired) electrons. The van der Waals surface area contributed by atoms with Crippen LogP contribution >= 0.6 is 31.9 Å². The highest BCUT2D eigenvalue weighted by Gasteiger charge is 2.18. The van der Waals surface area contributed by atoms with Gasteiger partial charge in [0.2, 0.25) is 0 Å². The van der Waals surface area contributed by atoms with Crippen LogP contribution in [0.2, 0.25) is 0 Å². The van der Waals surface area contributed by atoms with Crippen LogP contribution < -0.4 is 5.32 Å². The maximum absolute atomic E-state index is 13.5. The molecule has 0 aliphatic heterocycles. The summed E-state index contributed by atoms with van der Waals surface area (Å²) in [4.78, 5) is 8.83. The topological polar surface area (TPSA) is 37.8 Å². The van der Waals surface area contributed by atoms with Gasteiger partial charge < -0.3 is 5.32 Å². The van der Waals surface area contributed by atoms with Crippen molar-refractivity contribution in [1.29, 1.82) is 0 Å². The average molecular weight is 403 g/mol. The molecule has 0 saturated carbocycles. The van der Waals surface area contributed by atoms with Crippen molar-refractivity contribution in [2.75, 3.05) is 5.32 Å². The summed E-state index contributed by atoms with van der Waals surface area (Å²) in [6.45, 7) is 6.12. The molecule has 0 aliphatic carbocycles. The highest BCUT2D eigenvalue weighted by Crippen LogP contribution is 2.25. The summed E-state index contributed by atoms with van der Waals surface area (Å²) < 4.78 is 14.6. The highest BCUT2D eigenvalue weighted by atomic mass is 79.9. The van der Waals surface area contributed by atoms with Crippen LogP contribution in [0, 0.1) is 5.82 Å². The molecule has 0 aliphatic rings. The Bertz CT molecular complexity index is 639. The fraction of sp³-hybridized carbons (Fsp3) is 0.286. The van der Waals surface area contributed by atoms with Crippen LogP contribution in [-0.4, -0.2) is 9.97 Å². The van der Waals surface area contributed by atoms with Gasteiger partial charge in [0.1, 0.15) is 22.1 Å². The Morgan fingerprint density at radius 1 is 1.10 bits per heavy atom. The van der Waals surface area contributed by atoms with Crippen LogP contribution in [0.25, 0.3) is 0 Å². The van der Waals surface area contributed by atoms with Gasteiger partial charge in [-0.1, -0.05) is 20.8 Å². The standard InChI is InChI=1S/C14H14Br2FN3/c1-14(2,3)13-19-11(16)7-12(20-13)18-8-4-5-9(15)10(17)6-8/h4-7H,1-3H3,(H,18,19,20). The van der Waals surface area contributed by atoms with E-state index in [-0.39, 0.29) is 11.2 Å². The molecule has 1 aromatic heterocycles. The van der Waals surface area contributed by atoms with E-state index in [1.165, 1.54) is 6.07 Å². The second-order valence-electron chi connectivity index (χ2n) is 5.40. The van der Waals surface area contributed by atoms with Gasteiger partial charge in [0.25, 0.3) is 0 Å². The summed E-state index contributed by atoms with van der Waals surface area (Å²) in [5.74, 6) is 1.02. The number of aromatic nitrogens is 2. The third-order valence-electron chi connectivity index (χ3n) is 2.56. The third kappa shape index (κ3) is 3.76. The Morgan fingerprint density at radius 2 is 1.80 bits per heavy atom. The summed E-state index contributed by atoms with van der Waals surface area (Å²) in [7, 11) is 0. The lowest BCUT2D eigenvalue weighted by atomic mass is 9.96. The molecule has 0 spiro atoms. The van der Waals surface area contributed by atoms with Crippen LogP contribution in [0.1, 0.15) is 26.6 Å². The number of nitrogens with zero attached hydrogens (tertiary/aromatic N) is 2. The maximum Gasteiger partial charge on any atom is 0.139 e. The third-order valence-corrected chi connectivity index (χ3v) is 3.61. The van der Waals surface area contributed by atoms with Crippen molar-refractivity contribution in [2.24, 2.45) is 0 Å². The van der Waals surface area contributed by atoms with Crippen molar-refractivity contribution in [1.82, 2.24) is 9.97 Å². The first-order chi connectivity index (χ1) is 9.25. The predicted molar refractivity (Wildman–Crippen MR) is 85.8 cm³/mol. The number of halogens is 3. The van der Waals surface area contributed by atoms with Crippen LogP contribution in [0.4, 0.5) is 15.9 Å². The Labute approximate surface area is 134 Å². The zero-order valence-electron chi connectivity index (χ0n) is 11.3. The lowest BCUT2D eigenvalue weighted by Gasteiger charge is -2.18. The summed E-state index contributed by atoms with van der Waals surface area (Å²) in [6.07, 6.45) is 0. The van der Waals surface area contributed by atoms with Crippen molar-refractivity contribution in [3.63, 3.8) is 0 Å². The first-order valence-corrected chi connectivity index (χ1v) is 7.61. The highest BCUT2D eigenvalue weighted by molar-refractivity contribution is 9.10. The molecule has 0 unspecified atom stereocenters. The van der Waals surface area contributed by atoms with Gasteiger partial charge in [-0.2, -0.15) is 0 Å². The fourth-order valence-corrected chi connectivity index (χ4v) is 2.17. The molecule has 0 saturated heterocycles. The zero-order chi connectivity index (χ0) is 14.9. The monoisotopic (exact) mass is 401 g/mol. The molecule has 0 amide bonds. The summed E-state index contributed by atoms with van der Waals surface area (Å²) in [5, 5.41) is 3.08. The number of hydrogen-bond acceptors (Lipinski definition) is 3. The number of rotatable bonds is 2. The molecule has 1 aromatic carbocycles. The zero-order valence-corrected chi connectivity index (χ0v) is 14.5. The Kier molecular flexibility index (Phi) is 4.44. The first-order valence-electron chi connectivity index (χ1n) is 6.03. The van der Waals surface area contributed by atoms with E-state index in [2.05, 4.69) is 47.1 Å². The Balaban J connectivity index is 2.33. The molecule has 2 aromatic rings. The molecule has 106 valence electrons. The molecule has 1 heterocycles. The molecule has 6 heteroatoms. The normalized spacial score (nSPS) is 11.5. The smallest absolute Gasteiger partial charge is 0.139 e. The van der Waals surface area contributed by atoms with Gasteiger partial charge in [-0.05, 0) is 50.1 Å². The summed E-state index contributed by atoms with van der Waals surface area (Å²) >= 11 is 6.50. The summed E-state index contributed by atoms with van der Waals surface area (Å²) in [5.41, 5.74) is 0.474. The van der Waals surface area contributed by atoms with Gasteiger partial charge in [-0.3, -0.25) is 0 Å². The summed E-state index contributed by atoms with van der Waals surface area (Å²) in [6, 6.07) is 6.60. The van der Waals surface area contributed by atoms with Crippen LogP contribution in [0.5, 0.6) is 0 Å². The Hall–Kier alpha value is -1.01. The SMILES string of the molecule is CC(C)(C)c1nc(Br)cc(Nc2ccc(Br)c(F)c2)n1. The predicted octanol–water partition coefficient (Wildman–Crippen LogP) is 5.18. The number of hydrogen-bond donors (Lipinski definition) is 1. The first kappa shape index (κ1) is 15.4. The Morgan fingerprint density at radius 3 is 2.40 bits per heavy atom. The van der Waals surface area contributed by atoms with Crippen LogP contribution in [0.3, 0.4) is 0 Å². The maximum atomic E-state index is 13.5.